The van der Waals surface area contributed by atoms with E-state index in [9.17, 15) is 0 Å². The van der Waals surface area contributed by atoms with Gasteiger partial charge in [0.15, 0.2) is 0 Å². The molecule has 2 heterocycles. The quantitative estimate of drug-likeness (QED) is 0.514. The Kier molecular flexibility index (Phi) is 7.55. The summed E-state index contributed by atoms with van der Waals surface area (Å²) in [6.45, 7) is 9.78. The Hall–Kier alpha value is -2.50. The molecule has 1 fully saturated rings. The first-order valence-electron chi connectivity index (χ1n) is 10.9. The van der Waals surface area contributed by atoms with Crippen LogP contribution >= 0.6 is 0 Å². The highest BCUT2D eigenvalue weighted by molar-refractivity contribution is 5.58. The number of rotatable bonds is 11. The number of aromatic nitrogens is 2. The zero-order valence-corrected chi connectivity index (χ0v) is 17.8. The molecule has 0 bridgehead atoms. The Morgan fingerprint density at radius 1 is 1.28 bits per heavy atom. The molecule has 0 aliphatic carbocycles. The van der Waals surface area contributed by atoms with Gasteiger partial charge in [-0.1, -0.05) is 50.8 Å². The molecule has 1 saturated heterocycles. The molecular weight excluding hydrogens is 364 g/mol. The molecule has 6 heteroatoms. The number of unbranched alkanes of at least 4 members (excludes halogenated alkanes) is 5. The van der Waals surface area contributed by atoms with E-state index < -0.39 is 0 Å². The van der Waals surface area contributed by atoms with Crippen LogP contribution in [0.3, 0.4) is 0 Å². The molecule has 29 heavy (non-hydrogen) atoms. The van der Waals surface area contributed by atoms with Crippen LogP contribution in [0.5, 0.6) is 5.75 Å². The Bertz CT molecular complexity index is 802. The lowest BCUT2D eigenvalue weighted by Gasteiger charge is -2.22. The summed E-state index contributed by atoms with van der Waals surface area (Å²) in [5.74, 6) is 2.67. The molecule has 1 aliphatic rings. The van der Waals surface area contributed by atoms with Crippen molar-refractivity contribution in [1.29, 1.82) is 0 Å². The van der Waals surface area contributed by atoms with Crippen LogP contribution in [0.25, 0.3) is 11.4 Å². The molecule has 1 aliphatic heterocycles. The Labute approximate surface area is 174 Å². The second-order valence-corrected chi connectivity index (χ2v) is 7.90. The van der Waals surface area contributed by atoms with Gasteiger partial charge in [0.2, 0.25) is 11.7 Å². The van der Waals surface area contributed by atoms with Crippen molar-refractivity contribution >= 4 is 0 Å². The summed E-state index contributed by atoms with van der Waals surface area (Å²) < 4.78 is 11.5. The molecule has 3 rings (SSSR count). The van der Waals surface area contributed by atoms with E-state index >= 15 is 0 Å². The topological polar surface area (TPSA) is 77.4 Å². The van der Waals surface area contributed by atoms with E-state index in [1.165, 1.54) is 32.1 Å². The molecule has 2 N–H and O–H groups in total. The zero-order chi connectivity index (χ0) is 20.6. The van der Waals surface area contributed by atoms with Crippen LogP contribution in [-0.4, -0.2) is 28.2 Å². The van der Waals surface area contributed by atoms with Crippen molar-refractivity contribution in [2.45, 2.75) is 71.3 Å². The van der Waals surface area contributed by atoms with Gasteiger partial charge in [-0.05, 0) is 49.9 Å². The van der Waals surface area contributed by atoms with Crippen LogP contribution in [0, 0.1) is 6.92 Å². The van der Waals surface area contributed by atoms with Gasteiger partial charge in [-0.2, -0.15) is 4.98 Å². The maximum atomic E-state index is 5.97. The van der Waals surface area contributed by atoms with Gasteiger partial charge in [0, 0.05) is 12.1 Å². The van der Waals surface area contributed by atoms with Crippen molar-refractivity contribution < 1.29 is 9.26 Å². The first-order chi connectivity index (χ1) is 14.1. The number of aryl methyl sites for hydroxylation is 1. The number of hydrogen-bond donors (Lipinski definition) is 1. The van der Waals surface area contributed by atoms with E-state index in [0.29, 0.717) is 17.5 Å². The Morgan fingerprint density at radius 2 is 2.07 bits per heavy atom. The van der Waals surface area contributed by atoms with Gasteiger partial charge < -0.3 is 19.9 Å². The van der Waals surface area contributed by atoms with Crippen LogP contribution in [0.4, 0.5) is 0 Å². The second-order valence-electron chi connectivity index (χ2n) is 7.90. The maximum absolute atomic E-state index is 5.97. The fourth-order valence-electron chi connectivity index (χ4n) is 3.87. The molecule has 2 aromatic rings. The monoisotopic (exact) mass is 398 g/mol. The molecule has 1 atom stereocenters. The molecule has 0 spiro atoms. The predicted octanol–water partition coefficient (Wildman–Crippen LogP) is 5.35. The molecule has 158 valence electrons. The van der Waals surface area contributed by atoms with Crippen molar-refractivity contribution in [2.75, 3.05) is 13.2 Å². The first kappa shape index (κ1) is 21.2. The number of likely N-dealkylation sites (tertiary alicyclic amines) is 1. The number of nitrogens with two attached hydrogens (primary N) is 1. The summed E-state index contributed by atoms with van der Waals surface area (Å²) in [5, 5.41) is 4.18. The molecule has 6 nitrogen and oxygen atoms in total. The normalized spacial score (nSPS) is 16.3. The van der Waals surface area contributed by atoms with Crippen LogP contribution < -0.4 is 10.5 Å². The van der Waals surface area contributed by atoms with Crippen molar-refractivity contribution in [3.05, 3.63) is 42.1 Å². The number of benzene rings is 1. The first-order valence-corrected chi connectivity index (χ1v) is 10.9. The van der Waals surface area contributed by atoms with E-state index in [1.54, 1.807) is 0 Å². The number of nitrogens with zero attached hydrogens (tertiary/aromatic N) is 3. The highest BCUT2D eigenvalue weighted by atomic mass is 16.5. The third-order valence-electron chi connectivity index (χ3n) is 5.54. The van der Waals surface area contributed by atoms with Crippen LogP contribution in [0.15, 0.2) is 35.1 Å². The van der Waals surface area contributed by atoms with Gasteiger partial charge in [0.1, 0.15) is 11.8 Å². The second kappa shape index (κ2) is 10.3. The van der Waals surface area contributed by atoms with Gasteiger partial charge >= 0.3 is 0 Å². The molecular formula is C23H34N4O2. The van der Waals surface area contributed by atoms with Crippen LogP contribution in [0.1, 0.15) is 75.8 Å². The molecule has 1 aromatic carbocycles. The third-order valence-corrected chi connectivity index (χ3v) is 5.54. The summed E-state index contributed by atoms with van der Waals surface area (Å²) in [4.78, 5) is 6.65. The van der Waals surface area contributed by atoms with Gasteiger partial charge in [0.25, 0.3) is 0 Å². The maximum Gasteiger partial charge on any atom is 0.249 e. The van der Waals surface area contributed by atoms with Gasteiger partial charge in [0.05, 0.1) is 12.4 Å². The average Bonchev–Trinajstić information content (AvgIpc) is 3.37. The fraction of sp³-hybridized carbons (Fsp3) is 0.565. The number of ether oxygens (including phenoxy) is 1. The third kappa shape index (κ3) is 5.52. The minimum absolute atomic E-state index is 0.0229. The van der Waals surface area contributed by atoms with E-state index in [-0.39, 0.29) is 6.04 Å². The highest BCUT2D eigenvalue weighted by Gasteiger charge is 2.31. The van der Waals surface area contributed by atoms with Crippen LogP contribution in [0.2, 0.25) is 0 Å². The Morgan fingerprint density at radius 3 is 2.83 bits per heavy atom. The SMILES string of the molecule is C=C(N)N1CCCC1c1nc(-c2ccc(OCCCCCCCC)c(C)c2)no1. The minimum atomic E-state index is 0.0229. The van der Waals surface area contributed by atoms with Crippen molar-refractivity contribution in [1.82, 2.24) is 15.0 Å². The molecule has 1 aromatic heterocycles. The minimum Gasteiger partial charge on any atom is -0.493 e. The number of hydrogen-bond acceptors (Lipinski definition) is 6. The molecule has 1 unspecified atom stereocenters. The lowest BCUT2D eigenvalue weighted by molar-refractivity contribution is 0.250. The summed E-state index contributed by atoms with van der Waals surface area (Å²) in [6.07, 6.45) is 9.56. The Balaban J connectivity index is 1.56. The lowest BCUT2D eigenvalue weighted by Crippen LogP contribution is -2.26. The molecule has 0 radical (unpaired) electrons. The van der Waals surface area contributed by atoms with Gasteiger partial charge in [-0.3, -0.25) is 0 Å². The van der Waals surface area contributed by atoms with Crippen molar-refractivity contribution in [3.63, 3.8) is 0 Å². The van der Waals surface area contributed by atoms with E-state index in [0.717, 1.165) is 49.3 Å². The highest BCUT2D eigenvalue weighted by Crippen LogP contribution is 2.33. The van der Waals surface area contributed by atoms with E-state index in [1.807, 2.05) is 17.0 Å². The fourth-order valence-corrected chi connectivity index (χ4v) is 3.87. The summed E-state index contributed by atoms with van der Waals surface area (Å²) in [7, 11) is 0. The smallest absolute Gasteiger partial charge is 0.249 e. The summed E-state index contributed by atoms with van der Waals surface area (Å²) >= 11 is 0. The predicted molar refractivity (Wildman–Crippen MR) is 115 cm³/mol. The van der Waals surface area contributed by atoms with Crippen molar-refractivity contribution in [2.24, 2.45) is 5.73 Å². The van der Waals surface area contributed by atoms with Gasteiger partial charge in [-0.15, -0.1) is 0 Å². The van der Waals surface area contributed by atoms with E-state index in [2.05, 4.69) is 36.6 Å². The average molecular weight is 399 g/mol. The van der Waals surface area contributed by atoms with Crippen molar-refractivity contribution in [3.8, 4) is 17.1 Å². The van der Waals surface area contributed by atoms with Gasteiger partial charge in [-0.25, -0.2) is 0 Å². The molecule has 0 amide bonds. The zero-order valence-electron chi connectivity index (χ0n) is 17.8. The summed E-state index contributed by atoms with van der Waals surface area (Å²) in [5.41, 5.74) is 7.90. The van der Waals surface area contributed by atoms with E-state index in [4.69, 9.17) is 15.0 Å². The summed E-state index contributed by atoms with van der Waals surface area (Å²) in [6, 6.07) is 6.07. The lowest BCUT2D eigenvalue weighted by atomic mass is 10.1. The molecule has 0 saturated carbocycles. The largest absolute Gasteiger partial charge is 0.493 e. The standard InChI is InChI=1S/C23H34N4O2/c1-4-5-6-7-8-9-15-28-21-13-12-19(16-17(21)2)22-25-23(29-26-22)20-11-10-14-27(20)18(3)24/h12-13,16,20H,3-11,14-15,24H2,1-2H3. The van der Waals surface area contributed by atoms with Crippen LogP contribution in [-0.2, 0) is 0 Å².